The Bertz CT molecular complexity index is 90.7. The first-order chi connectivity index (χ1) is 6.24. The average molecular weight is 233 g/mol. The number of hydrogen-bond donors (Lipinski definition) is 0. The van der Waals surface area contributed by atoms with Gasteiger partial charge in [-0.15, -0.1) is 0 Å². The molecule has 0 aliphatic carbocycles. The van der Waals surface area contributed by atoms with Crippen LogP contribution >= 0.6 is 0 Å². The fraction of sp³-hybridized carbons (Fsp3) is 1.00. The van der Waals surface area contributed by atoms with Crippen LogP contribution in [0.5, 0.6) is 0 Å². The molecular weight excluding hydrogens is 201 g/mol. The second-order valence-electron chi connectivity index (χ2n) is 4.24. The standard InChI is InChI=1S/C12H28N.Al.H2O.3H/c1-5-9-13(10-6-2,11-7-3)12-8-4;;;;;/h5-12H2,1-4H3;;1H2;;;/q+1;;;;;/p-1. The number of hydrogen-bond acceptors (Lipinski definition) is 1. The molecule has 0 atom stereocenters. The van der Waals surface area contributed by atoms with Crippen LogP contribution in [0.2, 0.25) is 0 Å². The van der Waals surface area contributed by atoms with Gasteiger partial charge in [0.2, 0.25) is 0 Å². The van der Waals surface area contributed by atoms with Crippen molar-refractivity contribution in [2.24, 2.45) is 0 Å². The van der Waals surface area contributed by atoms with Crippen LogP contribution < -0.4 is 0 Å². The predicted octanol–water partition coefficient (Wildman–Crippen LogP) is 2.08. The third-order valence-electron chi connectivity index (χ3n) is 2.79. The summed E-state index contributed by atoms with van der Waals surface area (Å²) in [5.41, 5.74) is 0. The molecule has 0 bridgehead atoms. The quantitative estimate of drug-likeness (QED) is 0.466. The minimum atomic E-state index is 0. The molecule has 0 saturated heterocycles. The van der Waals surface area contributed by atoms with Crippen molar-refractivity contribution in [3.63, 3.8) is 0 Å². The summed E-state index contributed by atoms with van der Waals surface area (Å²) in [7, 11) is 0. The summed E-state index contributed by atoms with van der Waals surface area (Å²) >= 11 is 0. The van der Waals surface area contributed by atoms with Crippen molar-refractivity contribution in [3.05, 3.63) is 0 Å². The van der Waals surface area contributed by atoms with E-state index >= 15 is 0 Å². The zero-order valence-electron chi connectivity index (χ0n) is 10.6. The molecule has 1 N–H and O–H groups in total. The Morgan fingerprint density at radius 3 is 0.933 bits per heavy atom. The van der Waals surface area contributed by atoms with E-state index in [0.29, 0.717) is 0 Å². The minimum Gasteiger partial charge on any atom is -0.870 e. The van der Waals surface area contributed by atoms with Gasteiger partial charge in [-0.3, -0.25) is 0 Å². The number of nitrogens with zero attached hydrogens (tertiary/aromatic N) is 1. The van der Waals surface area contributed by atoms with Crippen molar-refractivity contribution < 1.29 is 9.96 Å². The van der Waals surface area contributed by atoms with Crippen LogP contribution in [0.1, 0.15) is 53.4 Å². The summed E-state index contributed by atoms with van der Waals surface area (Å²) in [6.07, 6.45) is 5.33. The van der Waals surface area contributed by atoms with Crippen molar-refractivity contribution in [1.29, 1.82) is 0 Å². The van der Waals surface area contributed by atoms with Crippen molar-refractivity contribution in [2.75, 3.05) is 26.2 Å². The normalized spacial score (nSPS) is 10.4. The van der Waals surface area contributed by atoms with Crippen LogP contribution in [0.4, 0.5) is 0 Å². The van der Waals surface area contributed by atoms with Crippen LogP contribution in [0.25, 0.3) is 0 Å². The van der Waals surface area contributed by atoms with Gasteiger partial charge in [0, 0.05) is 0 Å². The first-order valence-electron chi connectivity index (χ1n) is 6.09. The fourth-order valence-corrected chi connectivity index (χ4v) is 2.57. The molecule has 94 valence electrons. The Morgan fingerprint density at radius 1 is 0.600 bits per heavy atom. The maximum absolute atomic E-state index is 2.31. The first-order valence-corrected chi connectivity index (χ1v) is 6.09. The van der Waals surface area contributed by atoms with E-state index in [0.717, 1.165) is 0 Å². The van der Waals surface area contributed by atoms with Gasteiger partial charge in [0.1, 0.15) is 0 Å². The van der Waals surface area contributed by atoms with Crippen LogP contribution in [0.15, 0.2) is 0 Å². The van der Waals surface area contributed by atoms with Gasteiger partial charge in [0.15, 0.2) is 17.4 Å². The van der Waals surface area contributed by atoms with Gasteiger partial charge in [-0.05, 0) is 25.7 Å². The van der Waals surface area contributed by atoms with Crippen LogP contribution in [-0.2, 0) is 0 Å². The van der Waals surface area contributed by atoms with Gasteiger partial charge in [-0.1, -0.05) is 27.7 Å². The summed E-state index contributed by atoms with van der Waals surface area (Å²) in [5.74, 6) is 0. The highest BCUT2D eigenvalue weighted by molar-refractivity contribution is 5.75. The Morgan fingerprint density at radius 2 is 0.800 bits per heavy atom. The SMILES string of the molecule is CCC[N+](CCC)(CCC)CCC.[AlH3].[OH-]. The Hall–Kier alpha value is 0.452. The molecule has 0 heterocycles. The van der Waals surface area contributed by atoms with E-state index in [1.54, 1.807) is 0 Å². The molecule has 0 rings (SSSR count). The Kier molecular flexibility index (Phi) is 17.4. The molecule has 0 aliphatic heterocycles. The molecule has 0 aromatic carbocycles. The maximum atomic E-state index is 2.31. The summed E-state index contributed by atoms with van der Waals surface area (Å²) in [6.45, 7) is 14.8. The molecule has 0 aromatic rings. The lowest BCUT2D eigenvalue weighted by Crippen LogP contribution is -2.50. The summed E-state index contributed by atoms with van der Waals surface area (Å²) in [4.78, 5) is 0. The Balaban J connectivity index is -0.000000720. The second kappa shape index (κ2) is 12.5. The van der Waals surface area contributed by atoms with Crippen LogP contribution in [0.3, 0.4) is 0 Å². The molecule has 0 fully saturated rings. The summed E-state index contributed by atoms with van der Waals surface area (Å²) in [5, 5.41) is 0. The molecule has 0 spiro atoms. The van der Waals surface area contributed by atoms with Gasteiger partial charge in [0.05, 0.1) is 26.2 Å². The van der Waals surface area contributed by atoms with Crippen LogP contribution in [0, 0.1) is 0 Å². The van der Waals surface area contributed by atoms with Gasteiger partial charge in [0.25, 0.3) is 0 Å². The van der Waals surface area contributed by atoms with Gasteiger partial charge < -0.3 is 9.96 Å². The number of quaternary nitrogens is 1. The highest BCUT2D eigenvalue weighted by Gasteiger charge is 2.22. The molecule has 0 aromatic heterocycles. The molecule has 0 radical (unpaired) electrons. The fourth-order valence-electron chi connectivity index (χ4n) is 2.57. The maximum Gasteiger partial charge on any atom is 0.187 e. The van der Waals surface area contributed by atoms with E-state index in [1.807, 2.05) is 0 Å². The lowest BCUT2D eigenvalue weighted by atomic mass is 10.2. The van der Waals surface area contributed by atoms with E-state index in [-0.39, 0.29) is 22.8 Å². The smallest absolute Gasteiger partial charge is 0.187 e. The van der Waals surface area contributed by atoms with Crippen molar-refractivity contribution >= 4 is 17.4 Å². The van der Waals surface area contributed by atoms with E-state index in [4.69, 9.17) is 0 Å². The van der Waals surface area contributed by atoms with Gasteiger partial charge in [-0.25, -0.2) is 0 Å². The topological polar surface area (TPSA) is 30.0 Å². The van der Waals surface area contributed by atoms with E-state index in [1.165, 1.54) is 56.3 Å². The lowest BCUT2D eigenvalue weighted by Gasteiger charge is -2.38. The minimum absolute atomic E-state index is 0. The molecule has 0 aliphatic rings. The zero-order valence-corrected chi connectivity index (χ0v) is 10.6. The molecule has 3 heteroatoms. The molecule has 2 nitrogen and oxygen atoms in total. The Labute approximate surface area is 107 Å². The third-order valence-corrected chi connectivity index (χ3v) is 2.79. The molecular formula is C12H32AlNO. The first kappa shape index (κ1) is 20.8. The highest BCUT2D eigenvalue weighted by Crippen LogP contribution is 2.12. The lowest BCUT2D eigenvalue weighted by molar-refractivity contribution is -0.928. The molecule has 0 unspecified atom stereocenters. The molecule has 0 amide bonds. The van der Waals surface area contributed by atoms with Crippen molar-refractivity contribution in [1.82, 2.24) is 0 Å². The monoisotopic (exact) mass is 233 g/mol. The number of rotatable bonds is 8. The van der Waals surface area contributed by atoms with Crippen LogP contribution in [-0.4, -0.2) is 53.5 Å². The highest BCUT2D eigenvalue weighted by atomic mass is 27.0. The summed E-state index contributed by atoms with van der Waals surface area (Å²) in [6, 6.07) is 0. The predicted molar refractivity (Wildman–Crippen MR) is 72.8 cm³/mol. The van der Waals surface area contributed by atoms with E-state index < -0.39 is 0 Å². The molecule has 0 saturated carbocycles. The average Bonchev–Trinajstić information content (AvgIpc) is 2.06. The third kappa shape index (κ3) is 8.28. The van der Waals surface area contributed by atoms with E-state index in [9.17, 15) is 0 Å². The summed E-state index contributed by atoms with van der Waals surface area (Å²) < 4.78 is 1.38. The second-order valence-corrected chi connectivity index (χ2v) is 4.24. The zero-order chi connectivity index (χ0) is 10.2. The van der Waals surface area contributed by atoms with Crippen molar-refractivity contribution in [3.8, 4) is 0 Å². The van der Waals surface area contributed by atoms with Gasteiger partial charge in [-0.2, -0.15) is 0 Å². The van der Waals surface area contributed by atoms with Crippen molar-refractivity contribution in [2.45, 2.75) is 53.4 Å². The largest absolute Gasteiger partial charge is 0.870 e. The van der Waals surface area contributed by atoms with E-state index in [2.05, 4.69) is 27.7 Å². The van der Waals surface area contributed by atoms with Gasteiger partial charge >= 0.3 is 0 Å². The molecule has 15 heavy (non-hydrogen) atoms.